The molecule has 3 nitrogen and oxygen atoms in total. The minimum Gasteiger partial charge on any atom is -0.432 e. The number of carbonyl (C=O) groups is 1. The third-order valence-corrected chi connectivity index (χ3v) is 2.22. The second-order valence-corrected chi connectivity index (χ2v) is 3.69. The van der Waals surface area contributed by atoms with Crippen LogP contribution in [-0.4, -0.2) is 18.9 Å². The van der Waals surface area contributed by atoms with Gasteiger partial charge >= 0.3 is 5.97 Å². The van der Waals surface area contributed by atoms with Gasteiger partial charge in [-0.3, -0.25) is 0 Å². The summed E-state index contributed by atoms with van der Waals surface area (Å²) < 4.78 is 10.5. The molecule has 0 spiro atoms. The zero-order valence-corrected chi connectivity index (χ0v) is 8.75. The van der Waals surface area contributed by atoms with E-state index in [1.807, 2.05) is 0 Å². The summed E-state index contributed by atoms with van der Waals surface area (Å²) in [6.45, 7) is 5.87. The second kappa shape index (κ2) is 5.81. The van der Waals surface area contributed by atoms with Gasteiger partial charge in [0.2, 0.25) is 6.29 Å². The second-order valence-electron chi connectivity index (χ2n) is 3.69. The standard InChI is InChI=1S/C11H18O3/c1-9(2)11(12)14-10-7-5-3-4-6-8-13-10/h10H,1,3-8H2,2H3. The number of esters is 1. The number of hydrogen-bond acceptors (Lipinski definition) is 3. The fourth-order valence-corrected chi connectivity index (χ4v) is 1.38. The van der Waals surface area contributed by atoms with Gasteiger partial charge in [0.25, 0.3) is 0 Å². The normalized spacial score (nSPS) is 23.4. The molecule has 1 aliphatic rings. The van der Waals surface area contributed by atoms with E-state index in [0.29, 0.717) is 12.2 Å². The minimum absolute atomic E-state index is 0.351. The third kappa shape index (κ3) is 3.92. The van der Waals surface area contributed by atoms with Crippen molar-refractivity contribution >= 4 is 5.97 Å². The Bertz CT molecular complexity index is 203. The maximum absolute atomic E-state index is 11.2. The molecule has 14 heavy (non-hydrogen) atoms. The lowest BCUT2D eigenvalue weighted by Crippen LogP contribution is -2.23. The Morgan fingerprint density at radius 1 is 1.36 bits per heavy atom. The molecule has 1 rings (SSSR count). The monoisotopic (exact) mass is 198 g/mol. The summed E-state index contributed by atoms with van der Waals surface area (Å²) in [5.74, 6) is -0.351. The van der Waals surface area contributed by atoms with E-state index in [0.717, 1.165) is 19.3 Å². The fraction of sp³-hybridized carbons (Fsp3) is 0.727. The van der Waals surface area contributed by atoms with Crippen LogP contribution >= 0.6 is 0 Å². The van der Waals surface area contributed by atoms with Crippen LogP contribution in [0.25, 0.3) is 0 Å². The maximum atomic E-state index is 11.2. The van der Waals surface area contributed by atoms with Gasteiger partial charge in [0.15, 0.2) is 0 Å². The molecule has 0 aromatic carbocycles. The number of rotatable bonds is 2. The van der Waals surface area contributed by atoms with Crippen molar-refractivity contribution < 1.29 is 14.3 Å². The molecule has 0 aliphatic carbocycles. The molecule has 0 amide bonds. The van der Waals surface area contributed by atoms with Gasteiger partial charge in [-0.2, -0.15) is 0 Å². The molecule has 1 unspecified atom stereocenters. The van der Waals surface area contributed by atoms with E-state index in [1.165, 1.54) is 12.8 Å². The Hall–Kier alpha value is -0.830. The number of hydrogen-bond donors (Lipinski definition) is 0. The van der Waals surface area contributed by atoms with Gasteiger partial charge in [0, 0.05) is 12.0 Å². The van der Waals surface area contributed by atoms with Crippen molar-refractivity contribution in [3.8, 4) is 0 Å². The molecule has 0 bridgehead atoms. The third-order valence-electron chi connectivity index (χ3n) is 2.22. The van der Waals surface area contributed by atoms with Gasteiger partial charge in [-0.15, -0.1) is 0 Å². The largest absolute Gasteiger partial charge is 0.432 e. The molecule has 0 radical (unpaired) electrons. The van der Waals surface area contributed by atoms with Gasteiger partial charge in [-0.05, 0) is 19.8 Å². The molecule has 0 aromatic rings. The molecule has 3 heteroatoms. The first-order chi connectivity index (χ1) is 6.70. The summed E-state index contributed by atoms with van der Waals surface area (Å²) in [6.07, 6.45) is 4.97. The van der Waals surface area contributed by atoms with Crippen molar-refractivity contribution in [2.45, 2.75) is 45.3 Å². The molecule has 0 aromatic heterocycles. The Kier molecular flexibility index (Phi) is 4.66. The summed E-state index contributed by atoms with van der Waals surface area (Å²) in [5, 5.41) is 0. The highest BCUT2D eigenvalue weighted by Crippen LogP contribution is 2.15. The van der Waals surface area contributed by atoms with Gasteiger partial charge in [0.1, 0.15) is 0 Å². The average Bonchev–Trinajstić information content (AvgIpc) is 2.08. The quantitative estimate of drug-likeness (QED) is 0.505. The predicted octanol–water partition coefficient (Wildman–Crippen LogP) is 2.41. The predicted molar refractivity (Wildman–Crippen MR) is 53.7 cm³/mol. The highest BCUT2D eigenvalue weighted by atomic mass is 16.7. The Morgan fingerprint density at radius 3 is 2.79 bits per heavy atom. The van der Waals surface area contributed by atoms with Crippen LogP contribution in [0.5, 0.6) is 0 Å². The van der Waals surface area contributed by atoms with Crippen LogP contribution in [0.4, 0.5) is 0 Å². The summed E-state index contributed by atoms with van der Waals surface area (Å²) in [4.78, 5) is 11.2. The van der Waals surface area contributed by atoms with Crippen molar-refractivity contribution in [1.29, 1.82) is 0 Å². The minimum atomic E-state index is -0.362. The Balaban J connectivity index is 2.33. The first-order valence-corrected chi connectivity index (χ1v) is 5.18. The molecule has 1 fully saturated rings. The average molecular weight is 198 g/mol. The van der Waals surface area contributed by atoms with Gasteiger partial charge < -0.3 is 9.47 Å². The topological polar surface area (TPSA) is 35.5 Å². The molecule has 1 saturated heterocycles. The highest BCUT2D eigenvalue weighted by molar-refractivity contribution is 5.86. The highest BCUT2D eigenvalue weighted by Gasteiger charge is 2.16. The van der Waals surface area contributed by atoms with E-state index in [9.17, 15) is 4.79 Å². The van der Waals surface area contributed by atoms with Crippen LogP contribution in [0.2, 0.25) is 0 Å². The molecule has 1 atom stereocenters. The van der Waals surface area contributed by atoms with Gasteiger partial charge in [-0.25, -0.2) is 4.79 Å². The van der Waals surface area contributed by atoms with Crippen molar-refractivity contribution in [3.63, 3.8) is 0 Å². The fourth-order valence-electron chi connectivity index (χ4n) is 1.38. The van der Waals surface area contributed by atoms with Crippen LogP contribution in [0.1, 0.15) is 39.0 Å². The van der Waals surface area contributed by atoms with E-state index >= 15 is 0 Å². The first-order valence-electron chi connectivity index (χ1n) is 5.18. The molecule has 0 N–H and O–H groups in total. The maximum Gasteiger partial charge on any atom is 0.335 e. The van der Waals surface area contributed by atoms with Crippen molar-refractivity contribution in [1.82, 2.24) is 0 Å². The lowest BCUT2D eigenvalue weighted by Gasteiger charge is -2.20. The van der Waals surface area contributed by atoms with E-state index in [2.05, 4.69) is 6.58 Å². The summed E-state index contributed by atoms with van der Waals surface area (Å²) in [7, 11) is 0. The molecular weight excluding hydrogens is 180 g/mol. The summed E-state index contributed by atoms with van der Waals surface area (Å²) >= 11 is 0. The zero-order valence-electron chi connectivity index (χ0n) is 8.75. The Morgan fingerprint density at radius 2 is 2.07 bits per heavy atom. The Labute approximate surface area is 85.1 Å². The number of carbonyl (C=O) groups excluding carboxylic acids is 1. The molecule has 0 saturated carbocycles. The molecule has 80 valence electrons. The first kappa shape index (κ1) is 11.2. The van der Waals surface area contributed by atoms with Crippen molar-refractivity contribution in [3.05, 3.63) is 12.2 Å². The van der Waals surface area contributed by atoms with E-state index in [1.54, 1.807) is 6.92 Å². The van der Waals surface area contributed by atoms with Crippen LogP contribution in [-0.2, 0) is 14.3 Å². The number of ether oxygens (including phenoxy) is 2. The van der Waals surface area contributed by atoms with E-state index in [4.69, 9.17) is 9.47 Å². The van der Waals surface area contributed by atoms with Gasteiger partial charge in [-0.1, -0.05) is 19.4 Å². The van der Waals surface area contributed by atoms with Crippen LogP contribution < -0.4 is 0 Å². The molecular formula is C11H18O3. The van der Waals surface area contributed by atoms with Crippen molar-refractivity contribution in [2.24, 2.45) is 0 Å². The smallest absolute Gasteiger partial charge is 0.335 e. The molecule has 1 heterocycles. The van der Waals surface area contributed by atoms with Crippen LogP contribution in [0.15, 0.2) is 12.2 Å². The lowest BCUT2D eigenvalue weighted by atomic mass is 10.1. The van der Waals surface area contributed by atoms with E-state index < -0.39 is 0 Å². The SMILES string of the molecule is C=C(C)C(=O)OC1CCCCCCO1. The summed E-state index contributed by atoms with van der Waals surface area (Å²) in [5.41, 5.74) is 0.427. The van der Waals surface area contributed by atoms with Crippen LogP contribution in [0.3, 0.4) is 0 Å². The zero-order chi connectivity index (χ0) is 10.4. The lowest BCUT2D eigenvalue weighted by molar-refractivity contribution is -0.177. The van der Waals surface area contributed by atoms with E-state index in [-0.39, 0.29) is 12.3 Å². The summed E-state index contributed by atoms with van der Waals surface area (Å²) in [6, 6.07) is 0. The van der Waals surface area contributed by atoms with Gasteiger partial charge in [0.05, 0.1) is 6.61 Å². The molecule has 1 aliphatic heterocycles. The van der Waals surface area contributed by atoms with Crippen LogP contribution in [0, 0.1) is 0 Å². The van der Waals surface area contributed by atoms with Crippen molar-refractivity contribution in [2.75, 3.05) is 6.61 Å².